The number of carbonyl (C=O) groups excluding carboxylic acids is 1. The molecule has 0 aromatic carbocycles. The maximum absolute atomic E-state index is 10.6. The fourth-order valence-electron chi connectivity index (χ4n) is 0.619. The lowest BCUT2D eigenvalue weighted by Gasteiger charge is -2.25. The normalized spacial score (nSPS) is 14.3. The molecule has 0 aliphatic rings. The average molecular weight is 174 g/mol. The molecule has 0 fully saturated rings. The first-order chi connectivity index (χ1) is 5.54. The first kappa shape index (κ1) is 11.6. The summed E-state index contributed by atoms with van der Waals surface area (Å²) in [5.41, 5.74) is -0.409. The summed E-state index contributed by atoms with van der Waals surface area (Å²) in [5.74, 6) is 0. The number of ether oxygens (including phenoxy) is 2. The summed E-state index contributed by atoms with van der Waals surface area (Å²) < 4.78 is 10.2. The maximum atomic E-state index is 10.6. The van der Waals surface area contributed by atoms with Crippen LogP contribution >= 0.6 is 0 Å². The van der Waals surface area contributed by atoms with Crippen LogP contribution in [0.25, 0.3) is 0 Å². The number of aldehydes is 1. The molecule has 0 spiro atoms. The topological polar surface area (TPSA) is 35.5 Å². The first-order valence-electron chi connectivity index (χ1n) is 4.11. The van der Waals surface area contributed by atoms with Gasteiger partial charge in [-0.1, -0.05) is 13.8 Å². The molecule has 0 amide bonds. The Morgan fingerprint density at radius 1 is 1.42 bits per heavy atom. The van der Waals surface area contributed by atoms with E-state index >= 15 is 0 Å². The molecular formula is C9H18O3. The minimum Gasteiger partial charge on any atom is -0.382 e. The molecular weight excluding hydrogens is 156 g/mol. The SMILES string of the molecule is COCCOC(C)C(C)(C)C=O. The van der Waals surface area contributed by atoms with Crippen LogP contribution in [0.4, 0.5) is 0 Å². The van der Waals surface area contributed by atoms with E-state index in [9.17, 15) is 4.79 Å². The Morgan fingerprint density at radius 2 is 2.00 bits per heavy atom. The van der Waals surface area contributed by atoms with Crippen LogP contribution in [0.1, 0.15) is 20.8 Å². The fourth-order valence-corrected chi connectivity index (χ4v) is 0.619. The minimum atomic E-state index is -0.409. The Kier molecular flexibility index (Phi) is 5.09. The lowest BCUT2D eigenvalue weighted by Crippen LogP contribution is -2.31. The van der Waals surface area contributed by atoms with Crippen molar-refractivity contribution < 1.29 is 14.3 Å². The molecule has 0 radical (unpaired) electrons. The van der Waals surface area contributed by atoms with Gasteiger partial charge in [0.05, 0.1) is 19.3 Å². The lowest BCUT2D eigenvalue weighted by molar-refractivity contribution is -0.123. The van der Waals surface area contributed by atoms with E-state index in [-0.39, 0.29) is 6.10 Å². The van der Waals surface area contributed by atoms with E-state index in [0.717, 1.165) is 6.29 Å². The Bertz CT molecular complexity index is 132. The summed E-state index contributed by atoms with van der Waals surface area (Å²) in [6.45, 7) is 6.72. The van der Waals surface area contributed by atoms with E-state index < -0.39 is 5.41 Å². The van der Waals surface area contributed by atoms with Gasteiger partial charge in [-0.05, 0) is 6.92 Å². The second-order valence-corrected chi connectivity index (χ2v) is 3.45. The van der Waals surface area contributed by atoms with Gasteiger partial charge < -0.3 is 14.3 Å². The quantitative estimate of drug-likeness (QED) is 0.449. The zero-order valence-electron chi connectivity index (χ0n) is 8.29. The van der Waals surface area contributed by atoms with Crippen LogP contribution in [0.3, 0.4) is 0 Å². The smallest absolute Gasteiger partial charge is 0.128 e. The highest BCUT2D eigenvalue weighted by atomic mass is 16.5. The van der Waals surface area contributed by atoms with Gasteiger partial charge in [0.15, 0.2) is 0 Å². The lowest BCUT2D eigenvalue weighted by atomic mass is 9.89. The van der Waals surface area contributed by atoms with Gasteiger partial charge in [0, 0.05) is 12.5 Å². The minimum absolute atomic E-state index is 0.0647. The molecule has 0 saturated heterocycles. The summed E-state index contributed by atoms with van der Waals surface area (Å²) in [5, 5.41) is 0. The fraction of sp³-hybridized carbons (Fsp3) is 0.889. The van der Waals surface area contributed by atoms with Gasteiger partial charge in [0.2, 0.25) is 0 Å². The summed E-state index contributed by atoms with van der Waals surface area (Å²) in [4.78, 5) is 10.6. The predicted molar refractivity (Wildman–Crippen MR) is 47.1 cm³/mol. The number of rotatable bonds is 6. The molecule has 12 heavy (non-hydrogen) atoms. The molecule has 0 aromatic rings. The Labute approximate surface area is 74.0 Å². The molecule has 0 aliphatic heterocycles. The monoisotopic (exact) mass is 174 g/mol. The van der Waals surface area contributed by atoms with E-state index in [4.69, 9.17) is 9.47 Å². The van der Waals surface area contributed by atoms with Crippen molar-refractivity contribution in [3.8, 4) is 0 Å². The van der Waals surface area contributed by atoms with Gasteiger partial charge in [0.25, 0.3) is 0 Å². The number of hydrogen-bond acceptors (Lipinski definition) is 3. The van der Waals surface area contributed by atoms with Crippen molar-refractivity contribution in [2.24, 2.45) is 5.41 Å². The molecule has 0 aromatic heterocycles. The zero-order valence-corrected chi connectivity index (χ0v) is 8.29. The number of methoxy groups -OCH3 is 1. The van der Waals surface area contributed by atoms with Crippen molar-refractivity contribution in [1.29, 1.82) is 0 Å². The highest BCUT2D eigenvalue weighted by Gasteiger charge is 2.25. The Balaban J connectivity index is 3.70. The van der Waals surface area contributed by atoms with E-state index in [1.54, 1.807) is 7.11 Å². The van der Waals surface area contributed by atoms with Crippen LogP contribution in [0, 0.1) is 5.41 Å². The van der Waals surface area contributed by atoms with Gasteiger partial charge >= 0.3 is 0 Å². The van der Waals surface area contributed by atoms with Crippen molar-refractivity contribution >= 4 is 6.29 Å². The Hall–Kier alpha value is -0.410. The highest BCUT2D eigenvalue weighted by molar-refractivity contribution is 5.58. The van der Waals surface area contributed by atoms with Crippen LogP contribution < -0.4 is 0 Å². The van der Waals surface area contributed by atoms with Crippen molar-refractivity contribution in [2.45, 2.75) is 26.9 Å². The first-order valence-corrected chi connectivity index (χ1v) is 4.11. The molecule has 0 heterocycles. The van der Waals surface area contributed by atoms with Gasteiger partial charge in [-0.2, -0.15) is 0 Å². The van der Waals surface area contributed by atoms with Crippen molar-refractivity contribution in [3.63, 3.8) is 0 Å². The molecule has 0 rings (SSSR count). The average Bonchev–Trinajstić information content (AvgIpc) is 2.05. The Morgan fingerprint density at radius 3 is 2.42 bits per heavy atom. The summed E-state index contributed by atoms with van der Waals surface area (Å²) in [6, 6.07) is 0. The van der Waals surface area contributed by atoms with Crippen LogP contribution in [-0.2, 0) is 14.3 Å². The van der Waals surface area contributed by atoms with Crippen molar-refractivity contribution in [1.82, 2.24) is 0 Å². The van der Waals surface area contributed by atoms with Crippen LogP contribution in [0.2, 0.25) is 0 Å². The van der Waals surface area contributed by atoms with Gasteiger partial charge in [-0.15, -0.1) is 0 Å². The third kappa shape index (κ3) is 3.83. The number of carbonyl (C=O) groups is 1. The molecule has 3 heteroatoms. The van der Waals surface area contributed by atoms with Gasteiger partial charge in [0.1, 0.15) is 6.29 Å². The molecule has 1 unspecified atom stereocenters. The maximum Gasteiger partial charge on any atom is 0.128 e. The third-order valence-electron chi connectivity index (χ3n) is 2.01. The van der Waals surface area contributed by atoms with Crippen molar-refractivity contribution in [2.75, 3.05) is 20.3 Å². The molecule has 0 aliphatic carbocycles. The highest BCUT2D eigenvalue weighted by Crippen LogP contribution is 2.19. The van der Waals surface area contributed by atoms with Crippen LogP contribution in [0.15, 0.2) is 0 Å². The van der Waals surface area contributed by atoms with Crippen LogP contribution in [-0.4, -0.2) is 32.7 Å². The van der Waals surface area contributed by atoms with E-state index in [0.29, 0.717) is 13.2 Å². The predicted octanol–water partition coefficient (Wildman–Crippen LogP) is 1.26. The van der Waals surface area contributed by atoms with Crippen LogP contribution in [0.5, 0.6) is 0 Å². The van der Waals surface area contributed by atoms with Crippen molar-refractivity contribution in [3.05, 3.63) is 0 Å². The largest absolute Gasteiger partial charge is 0.382 e. The standard InChI is InChI=1S/C9H18O3/c1-8(9(2,3)7-10)12-6-5-11-4/h7-8H,5-6H2,1-4H3. The second-order valence-electron chi connectivity index (χ2n) is 3.45. The molecule has 0 bridgehead atoms. The van der Waals surface area contributed by atoms with Gasteiger partial charge in [-0.25, -0.2) is 0 Å². The molecule has 72 valence electrons. The molecule has 1 atom stereocenters. The second kappa shape index (κ2) is 5.27. The molecule has 0 N–H and O–H groups in total. The zero-order chi connectivity index (χ0) is 9.61. The summed E-state index contributed by atoms with van der Waals surface area (Å²) in [7, 11) is 1.62. The van der Waals surface area contributed by atoms with E-state index in [1.165, 1.54) is 0 Å². The summed E-state index contributed by atoms with van der Waals surface area (Å²) >= 11 is 0. The van der Waals surface area contributed by atoms with E-state index in [2.05, 4.69) is 0 Å². The molecule has 3 nitrogen and oxygen atoms in total. The third-order valence-corrected chi connectivity index (χ3v) is 2.01. The molecule has 0 saturated carbocycles. The van der Waals surface area contributed by atoms with Gasteiger partial charge in [-0.3, -0.25) is 0 Å². The number of hydrogen-bond donors (Lipinski definition) is 0. The summed E-state index contributed by atoms with van der Waals surface area (Å²) in [6.07, 6.45) is 0.856. The van der Waals surface area contributed by atoms with E-state index in [1.807, 2.05) is 20.8 Å².